The number of hydrogen-bond donors (Lipinski definition) is 1. The number of aromatic nitrogens is 1. The van der Waals surface area contributed by atoms with Gasteiger partial charge in [0.05, 0.1) is 0 Å². The van der Waals surface area contributed by atoms with Crippen molar-refractivity contribution in [3.05, 3.63) is 35.5 Å². The second-order valence-corrected chi connectivity index (χ2v) is 4.59. The van der Waals surface area contributed by atoms with Crippen LogP contribution in [0, 0.1) is 6.92 Å². The molecular formula is C14H20N2. The smallest absolute Gasteiger partial charge is 0.0485 e. The van der Waals surface area contributed by atoms with Gasteiger partial charge in [-0.25, -0.2) is 0 Å². The Hall–Kier alpha value is -1.28. The molecule has 0 saturated carbocycles. The maximum atomic E-state index is 5.91. The molecule has 1 aromatic carbocycles. The average molecular weight is 216 g/mol. The molecule has 2 N–H and O–H groups in total. The molecule has 0 amide bonds. The molecule has 2 nitrogen and oxygen atoms in total. The second-order valence-electron chi connectivity index (χ2n) is 4.59. The van der Waals surface area contributed by atoms with E-state index in [4.69, 9.17) is 5.73 Å². The van der Waals surface area contributed by atoms with Gasteiger partial charge in [0, 0.05) is 29.7 Å². The summed E-state index contributed by atoms with van der Waals surface area (Å²) >= 11 is 0. The highest BCUT2D eigenvalue weighted by Gasteiger charge is 2.10. The van der Waals surface area contributed by atoms with Crippen LogP contribution >= 0.6 is 0 Å². The van der Waals surface area contributed by atoms with E-state index in [2.05, 4.69) is 49.7 Å². The summed E-state index contributed by atoms with van der Waals surface area (Å²) in [4.78, 5) is 0. The normalized spacial score (nSPS) is 13.2. The molecule has 16 heavy (non-hydrogen) atoms. The molecule has 1 aromatic heterocycles. The standard InChI is InChI=1S/C14H20N2/c1-4-16-9-12(8-11(3)15)14-10(2)6-5-7-13(14)16/h5-7,9,11H,4,8,15H2,1-3H3. The van der Waals surface area contributed by atoms with Gasteiger partial charge in [-0.2, -0.15) is 0 Å². The Kier molecular flexibility index (Phi) is 3.01. The number of benzene rings is 1. The zero-order chi connectivity index (χ0) is 11.7. The summed E-state index contributed by atoms with van der Waals surface area (Å²) in [7, 11) is 0. The van der Waals surface area contributed by atoms with E-state index in [-0.39, 0.29) is 6.04 Å². The van der Waals surface area contributed by atoms with Gasteiger partial charge >= 0.3 is 0 Å². The van der Waals surface area contributed by atoms with Crippen LogP contribution in [0.25, 0.3) is 10.9 Å². The molecule has 0 aliphatic carbocycles. The quantitative estimate of drug-likeness (QED) is 0.840. The van der Waals surface area contributed by atoms with Crippen LogP contribution in [-0.4, -0.2) is 10.6 Å². The number of fused-ring (bicyclic) bond motifs is 1. The molecule has 0 saturated heterocycles. The minimum Gasteiger partial charge on any atom is -0.347 e. The summed E-state index contributed by atoms with van der Waals surface area (Å²) in [6.07, 6.45) is 3.20. The fraction of sp³-hybridized carbons (Fsp3) is 0.429. The molecule has 1 atom stereocenters. The molecular weight excluding hydrogens is 196 g/mol. The summed E-state index contributed by atoms with van der Waals surface area (Å²) in [6.45, 7) is 7.43. The first-order valence-corrected chi connectivity index (χ1v) is 5.96. The van der Waals surface area contributed by atoms with Gasteiger partial charge in [0.1, 0.15) is 0 Å². The van der Waals surface area contributed by atoms with Crippen LogP contribution in [0.3, 0.4) is 0 Å². The maximum absolute atomic E-state index is 5.91. The summed E-state index contributed by atoms with van der Waals surface area (Å²) < 4.78 is 2.31. The highest BCUT2D eigenvalue weighted by molar-refractivity contribution is 5.87. The van der Waals surface area contributed by atoms with Crippen LogP contribution in [0.5, 0.6) is 0 Å². The van der Waals surface area contributed by atoms with Crippen molar-refractivity contribution >= 4 is 10.9 Å². The highest BCUT2D eigenvalue weighted by atomic mass is 14.9. The predicted octanol–water partition coefficient (Wildman–Crippen LogP) is 2.86. The number of nitrogens with two attached hydrogens (primary N) is 1. The highest BCUT2D eigenvalue weighted by Crippen LogP contribution is 2.25. The average Bonchev–Trinajstić information content (AvgIpc) is 2.57. The third-order valence-corrected chi connectivity index (χ3v) is 3.08. The van der Waals surface area contributed by atoms with Gasteiger partial charge in [-0.05, 0) is 44.4 Å². The topological polar surface area (TPSA) is 30.9 Å². The molecule has 2 rings (SSSR count). The van der Waals surface area contributed by atoms with Crippen LogP contribution in [-0.2, 0) is 13.0 Å². The van der Waals surface area contributed by atoms with Crippen LogP contribution in [0.15, 0.2) is 24.4 Å². The van der Waals surface area contributed by atoms with Gasteiger partial charge in [0.15, 0.2) is 0 Å². The fourth-order valence-electron chi connectivity index (χ4n) is 2.39. The van der Waals surface area contributed by atoms with E-state index in [9.17, 15) is 0 Å². The molecule has 0 fully saturated rings. The van der Waals surface area contributed by atoms with Gasteiger partial charge in [0.25, 0.3) is 0 Å². The summed E-state index contributed by atoms with van der Waals surface area (Å²) in [6, 6.07) is 6.71. The third-order valence-electron chi connectivity index (χ3n) is 3.08. The molecule has 0 bridgehead atoms. The minimum absolute atomic E-state index is 0.218. The van der Waals surface area contributed by atoms with Crippen molar-refractivity contribution in [3.63, 3.8) is 0 Å². The van der Waals surface area contributed by atoms with Crippen LogP contribution < -0.4 is 5.73 Å². The molecule has 86 valence electrons. The summed E-state index contributed by atoms with van der Waals surface area (Å²) in [5.41, 5.74) is 9.97. The van der Waals surface area contributed by atoms with Crippen molar-refractivity contribution < 1.29 is 0 Å². The van der Waals surface area contributed by atoms with E-state index in [0.29, 0.717) is 0 Å². The lowest BCUT2D eigenvalue weighted by Crippen LogP contribution is -2.17. The Bertz CT molecular complexity index is 495. The first kappa shape index (κ1) is 11.2. The van der Waals surface area contributed by atoms with Crippen molar-refractivity contribution in [2.24, 2.45) is 5.73 Å². The minimum atomic E-state index is 0.218. The van der Waals surface area contributed by atoms with Crippen molar-refractivity contribution in [1.29, 1.82) is 0 Å². The van der Waals surface area contributed by atoms with Crippen molar-refractivity contribution in [3.8, 4) is 0 Å². The Labute approximate surface area is 97.1 Å². The molecule has 0 radical (unpaired) electrons. The number of hydrogen-bond acceptors (Lipinski definition) is 1. The fourth-order valence-corrected chi connectivity index (χ4v) is 2.39. The van der Waals surface area contributed by atoms with Gasteiger partial charge in [-0.15, -0.1) is 0 Å². The maximum Gasteiger partial charge on any atom is 0.0485 e. The number of nitrogens with zero attached hydrogens (tertiary/aromatic N) is 1. The number of aryl methyl sites for hydroxylation is 2. The second kappa shape index (κ2) is 4.30. The van der Waals surface area contributed by atoms with Crippen LogP contribution in [0.1, 0.15) is 25.0 Å². The largest absolute Gasteiger partial charge is 0.347 e. The van der Waals surface area contributed by atoms with Gasteiger partial charge in [-0.1, -0.05) is 12.1 Å². The van der Waals surface area contributed by atoms with Crippen LogP contribution in [0.2, 0.25) is 0 Å². The van der Waals surface area contributed by atoms with E-state index < -0.39 is 0 Å². The molecule has 1 heterocycles. The Morgan fingerprint density at radius 1 is 1.38 bits per heavy atom. The van der Waals surface area contributed by atoms with E-state index >= 15 is 0 Å². The Balaban J connectivity index is 2.64. The number of rotatable bonds is 3. The van der Waals surface area contributed by atoms with Gasteiger partial charge in [-0.3, -0.25) is 0 Å². The monoisotopic (exact) mass is 216 g/mol. The molecule has 1 unspecified atom stereocenters. The van der Waals surface area contributed by atoms with Crippen molar-refractivity contribution in [2.45, 2.75) is 39.8 Å². The lowest BCUT2D eigenvalue weighted by molar-refractivity contribution is 0.731. The van der Waals surface area contributed by atoms with E-state index in [1.165, 1.54) is 22.0 Å². The van der Waals surface area contributed by atoms with Gasteiger partial charge < -0.3 is 10.3 Å². The van der Waals surface area contributed by atoms with Gasteiger partial charge in [0.2, 0.25) is 0 Å². The van der Waals surface area contributed by atoms with E-state index in [1.54, 1.807) is 0 Å². The van der Waals surface area contributed by atoms with Crippen molar-refractivity contribution in [1.82, 2.24) is 4.57 Å². The molecule has 0 spiro atoms. The first-order chi connectivity index (χ1) is 7.63. The van der Waals surface area contributed by atoms with E-state index in [0.717, 1.165) is 13.0 Å². The molecule has 2 aromatic rings. The van der Waals surface area contributed by atoms with Crippen LogP contribution in [0.4, 0.5) is 0 Å². The SMILES string of the molecule is CCn1cc(CC(C)N)c2c(C)cccc21. The van der Waals surface area contributed by atoms with E-state index in [1.807, 2.05) is 0 Å². The predicted molar refractivity (Wildman–Crippen MR) is 69.7 cm³/mol. The summed E-state index contributed by atoms with van der Waals surface area (Å²) in [5.74, 6) is 0. The summed E-state index contributed by atoms with van der Waals surface area (Å²) in [5, 5.41) is 1.39. The Morgan fingerprint density at radius 2 is 2.12 bits per heavy atom. The third kappa shape index (κ3) is 1.85. The molecule has 0 aliphatic heterocycles. The first-order valence-electron chi connectivity index (χ1n) is 5.96. The lowest BCUT2D eigenvalue weighted by Gasteiger charge is -2.04. The molecule has 0 aliphatic rings. The van der Waals surface area contributed by atoms with Crippen molar-refractivity contribution in [2.75, 3.05) is 0 Å². The molecule has 2 heteroatoms. The lowest BCUT2D eigenvalue weighted by atomic mass is 10.0. The zero-order valence-corrected chi connectivity index (χ0v) is 10.3. The zero-order valence-electron chi connectivity index (χ0n) is 10.3. The Morgan fingerprint density at radius 3 is 2.75 bits per heavy atom.